The van der Waals surface area contributed by atoms with Crippen LogP contribution in [0.5, 0.6) is 0 Å². The van der Waals surface area contributed by atoms with E-state index >= 15 is 0 Å². The summed E-state index contributed by atoms with van der Waals surface area (Å²) in [5.41, 5.74) is 0.909. The molecule has 0 atom stereocenters. The first-order chi connectivity index (χ1) is 12.3. The molecule has 0 fully saturated rings. The summed E-state index contributed by atoms with van der Waals surface area (Å²) in [4.78, 5) is 39.2. The summed E-state index contributed by atoms with van der Waals surface area (Å²) in [6.07, 6.45) is 0. The van der Waals surface area contributed by atoms with Crippen LogP contribution in [0.1, 0.15) is 32.0 Å². The van der Waals surface area contributed by atoms with E-state index in [1.807, 2.05) is 6.92 Å². The van der Waals surface area contributed by atoms with Crippen LogP contribution in [0.25, 0.3) is 0 Å². The quantitative estimate of drug-likeness (QED) is 0.595. The predicted molar refractivity (Wildman–Crippen MR) is 98.1 cm³/mol. The van der Waals surface area contributed by atoms with Gasteiger partial charge < -0.3 is 19.8 Å². The number of esters is 1. The summed E-state index contributed by atoms with van der Waals surface area (Å²) < 4.78 is 9.85. The molecule has 0 spiro atoms. The van der Waals surface area contributed by atoms with Gasteiger partial charge in [-0.25, -0.2) is 4.79 Å². The zero-order valence-corrected chi connectivity index (χ0v) is 15.4. The van der Waals surface area contributed by atoms with Gasteiger partial charge in [-0.2, -0.15) is 0 Å². The largest absolute Gasteiger partial charge is 0.460 e. The van der Waals surface area contributed by atoms with Crippen molar-refractivity contribution >= 4 is 29.2 Å². The van der Waals surface area contributed by atoms with Crippen molar-refractivity contribution < 1.29 is 19.1 Å². The number of aryl methyl sites for hydroxylation is 2. The van der Waals surface area contributed by atoms with E-state index < -0.39 is 17.4 Å². The molecular weight excluding hydrogens is 360 g/mol. The third-order valence-electron chi connectivity index (χ3n) is 3.65. The van der Waals surface area contributed by atoms with Crippen molar-refractivity contribution in [3.8, 4) is 0 Å². The smallest absolute Gasteiger partial charge is 0.340 e. The number of nitrogens with one attached hydrogen (secondary N) is 2. The van der Waals surface area contributed by atoms with Crippen molar-refractivity contribution in [3.05, 3.63) is 62.0 Å². The summed E-state index contributed by atoms with van der Waals surface area (Å²) in [5.74, 6) is -1.31. The van der Waals surface area contributed by atoms with Crippen LogP contribution in [0.4, 0.5) is 5.69 Å². The van der Waals surface area contributed by atoms with Crippen LogP contribution in [0.2, 0.25) is 5.02 Å². The van der Waals surface area contributed by atoms with Gasteiger partial charge in [-0.1, -0.05) is 17.7 Å². The Balaban J connectivity index is 2.26. The molecule has 2 N–H and O–H groups in total. The van der Waals surface area contributed by atoms with E-state index in [9.17, 15) is 14.4 Å². The minimum atomic E-state index is -0.655. The van der Waals surface area contributed by atoms with Gasteiger partial charge in [0.25, 0.3) is 11.5 Å². The maximum Gasteiger partial charge on any atom is 0.340 e. The average molecular weight is 379 g/mol. The second kappa shape index (κ2) is 8.64. The van der Waals surface area contributed by atoms with Gasteiger partial charge in [0.05, 0.1) is 12.2 Å². The summed E-state index contributed by atoms with van der Waals surface area (Å²) in [6, 6.07) is 6.21. The number of benzene rings is 1. The Bertz CT molecular complexity index is 892. The van der Waals surface area contributed by atoms with Gasteiger partial charge in [-0.3, -0.25) is 9.59 Å². The normalized spacial score (nSPS) is 10.5. The Morgan fingerprint density at radius 2 is 1.88 bits per heavy atom. The number of carbonyl (C=O) groups excluding carboxylic acids is 2. The minimum absolute atomic E-state index is 0.0668. The van der Waals surface area contributed by atoms with Crippen LogP contribution in [0, 0.1) is 13.8 Å². The molecule has 0 unspecified atom stereocenters. The highest BCUT2D eigenvalue weighted by Gasteiger charge is 2.18. The number of hydrogen-bond donors (Lipinski definition) is 2. The first kappa shape index (κ1) is 19.7. The maximum atomic E-state index is 12.4. The van der Waals surface area contributed by atoms with Gasteiger partial charge in [0.1, 0.15) is 12.2 Å². The molecule has 1 aromatic carbocycles. The number of rotatable bonds is 6. The van der Waals surface area contributed by atoms with E-state index in [0.717, 1.165) is 5.56 Å². The first-order valence-corrected chi connectivity index (χ1v) is 8.18. The zero-order chi connectivity index (χ0) is 19.3. The molecule has 0 aliphatic heterocycles. The lowest BCUT2D eigenvalue weighted by atomic mass is 10.1. The highest BCUT2D eigenvalue weighted by atomic mass is 35.5. The summed E-state index contributed by atoms with van der Waals surface area (Å²) in [6.45, 7) is 3.70. The predicted octanol–water partition coefficient (Wildman–Crippen LogP) is 2.70. The summed E-state index contributed by atoms with van der Waals surface area (Å²) >= 11 is 6.03. The average Bonchev–Trinajstić information content (AvgIpc) is 2.58. The molecule has 138 valence electrons. The van der Waals surface area contributed by atoms with E-state index in [1.54, 1.807) is 25.1 Å². The molecule has 0 bridgehead atoms. The number of halogens is 1. The molecule has 0 aliphatic carbocycles. The lowest BCUT2D eigenvalue weighted by Gasteiger charge is -2.10. The molecule has 8 heteroatoms. The van der Waals surface area contributed by atoms with Crippen LogP contribution in [-0.2, 0) is 9.47 Å². The van der Waals surface area contributed by atoms with Crippen LogP contribution >= 0.6 is 11.6 Å². The second-order valence-electron chi connectivity index (χ2n) is 5.60. The van der Waals surface area contributed by atoms with Crippen molar-refractivity contribution in [3.63, 3.8) is 0 Å². The number of H-pyrrole nitrogens is 1. The lowest BCUT2D eigenvalue weighted by molar-refractivity contribution is 0.0386. The Morgan fingerprint density at radius 1 is 1.15 bits per heavy atom. The van der Waals surface area contributed by atoms with Gasteiger partial charge >= 0.3 is 5.97 Å². The monoisotopic (exact) mass is 378 g/mol. The molecule has 1 heterocycles. The van der Waals surface area contributed by atoms with E-state index in [1.165, 1.54) is 13.2 Å². The molecule has 0 saturated heterocycles. The van der Waals surface area contributed by atoms with Crippen LogP contribution in [0.15, 0.2) is 29.1 Å². The molecule has 1 amide bonds. The SMILES string of the molecule is COCCOC(=O)c1cc(C(=O)Nc2ccc(C)c(Cl)c2)c(=O)[nH]c1C. The topological polar surface area (TPSA) is 97.5 Å². The number of aromatic nitrogens is 1. The third-order valence-corrected chi connectivity index (χ3v) is 4.06. The molecule has 1 aromatic heterocycles. The Labute approximate surface area is 155 Å². The van der Waals surface area contributed by atoms with Crippen molar-refractivity contribution in [1.29, 1.82) is 0 Å². The van der Waals surface area contributed by atoms with Crippen LogP contribution in [0.3, 0.4) is 0 Å². The standard InChI is InChI=1S/C18H19ClN2O5/c1-10-4-5-12(8-15(10)19)21-17(23)14-9-13(11(2)20-16(14)22)18(24)26-7-6-25-3/h4-5,8-9H,6-7H2,1-3H3,(H,20,22)(H,21,23). The number of pyridine rings is 1. The van der Waals surface area contributed by atoms with Gasteiger partial charge in [-0.05, 0) is 37.6 Å². The number of aromatic amines is 1. The molecule has 0 saturated carbocycles. The van der Waals surface area contributed by atoms with Gasteiger partial charge in [-0.15, -0.1) is 0 Å². The third kappa shape index (κ3) is 4.71. The summed E-state index contributed by atoms with van der Waals surface area (Å²) in [7, 11) is 1.48. The Hall–Kier alpha value is -2.64. The Morgan fingerprint density at radius 3 is 2.54 bits per heavy atom. The van der Waals surface area contributed by atoms with E-state index in [2.05, 4.69) is 10.3 Å². The van der Waals surface area contributed by atoms with Crippen molar-refractivity contribution in [2.24, 2.45) is 0 Å². The molecule has 0 aliphatic rings. The van der Waals surface area contributed by atoms with Gasteiger partial charge in [0.15, 0.2) is 0 Å². The summed E-state index contributed by atoms with van der Waals surface area (Å²) in [5, 5.41) is 3.08. The molecule has 0 radical (unpaired) electrons. The number of methoxy groups -OCH3 is 1. The molecule has 2 aromatic rings. The fourth-order valence-corrected chi connectivity index (χ4v) is 2.35. The van der Waals surface area contributed by atoms with E-state index in [4.69, 9.17) is 21.1 Å². The highest BCUT2D eigenvalue weighted by molar-refractivity contribution is 6.31. The molecular formula is C18H19ClN2O5. The number of anilines is 1. The van der Waals surface area contributed by atoms with Gasteiger partial charge in [0, 0.05) is 23.5 Å². The molecule has 7 nitrogen and oxygen atoms in total. The number of hydrogen-bond acceptors (Lipinski definition) is 5. The lowest BCUT2D eigenvalue weighted by Crippen LogP contribution is -2.26. The van der Waals surface area contributed by atoms with Crippen molar-refractivity contribution in [1.82, 2.24) is 4.98 Å². The molecule has 26 heavy (non-hydrogen) atoms. The minimum Gasteiger partial charge on any atom is -0.460 e. The van der Waals surface area contributed by atoms with Crippen LogP contribution < -0.4 is 10.9 Å². The number of amides is 1. The van der Waals surface area contributed by atoms with Crippen LogP contribution in [-0.4, -0.2) is 37.2 Å². The number of carbonyl (C=O) groups is 2. The van der Waals surface area contributed by atoms with Gasteiger partial charge in [0.2, 0.25) is 0 Å². The number of ether oxygens (including phenoxy) is 2. The van der Waals surface area contributed by atoms with E-state index in [0.29, 0.717) is 16.4 Å². The maximum absolute atomic E-state index is 12.4. The first-order valence-electron chi connectivity index (χ1n) is 7.81. The van der Waals surface area contributed by atoms with Crippen molar-refractivity contribution in [2.75, 3.05) is 25.6 Å². The molecule has 2 rings (SSSR count). The highest BCUT2D eigenvalue weighted by Crippen LogP contribution is 2.20. The fourth-order valence-electron chi connectivity index (χ4n) is 2.17. The zero-order valence-electron chi connectivity index (χ0n) is 14.6. The second-order valence-corrected chi connectivity index (χ2v) is 6.00. The fraction of sp³-hybridized carbons (Fsp3) is 0.278. The Kier molecular flexibility index (Phi) is 6.54. The van der Waals surface area contributed by atoms with Crippen molar-refractivity contribution in [2.45, 2.75) is 13.8 Å². The van der Waals surface area contributed by atoms with E-state index in [-0.39, 0.29) is 24.3 Å².